The van der Waals surface area contributed by atoms with Crippen molar-refractivity contribution in [3.63, 3.8) is 0 Å². The number of hydrogen-bond donors (Lipinski definition) is 1. The molecule has 78 valence electrons. The van der Waals surface area contributed by atoms with Crippen LogP contribution < -0.4 is 0 Å². The molecule has 0 aromatic carbocycles. The van der Waals surface area contributed by atoms with Crippen LogP contribution in [0.4, 0.5) is 0 Å². The zero-order valence-electron chi connectivity index (χ0n) is 8.70. The maximum atomic E-state index is 10.4. The highest BCUT2D eigenvalue weighted by Crippen LogP contribution is 2.48. The molecule has 14 heavy (non-hydrogen) atoms. The Balaban J connectivity index is 2.20. The fraction of sp³-hybridized carbons (Fsp3) is 0.833. The van der Waals surface area contributed by atoms with E-state index >= 15 is 0 Å². The van der Waals surface area contributed by atoms with E-state index in [1.165, 1.54) is 19.3 Å². The minimum absolute atomic E-state index is 0.349. The molecule has 4 atom stereocenters. The molecule has 0 radical (unpaired) electrons. The zero-order chi connectivity index (χ0) is 10.2. The molecule has 1 nitrogen and oxygen atoms in total. The first-order valence-corrected chi connectivity index (χ1v) is 6.45. The van der Waals surface area contributed by atoms with Crippen LogP contribution in [0.5, 0.6) is 0 Å². The zero-order valence-corrected chi connectivity index (χ0v) is 9.52. The molecule has 1 aliphatic heterocycles. The first kappa shape index (κ1) is 10.4. The van der Waals surface area contributed by atoms with E-state index in [1.807, 2.05) is 11.8 Å². The molecule has 1 heterocycles. The first-order chi connectivity index (χ1) is 6.65. The van der Waals surface area contributed by atoms with Crippen molar-refractivity contribution in [1.29, 1.82) is 0 Å². The Hall–Kier alpha value is -0.130. The Kier molecular flexibility index (Phi) is 2.81. The van der Waals surface area contributed by atoms with Crippen LogP contribution >= 0.6 is 11.8 Å². The smallest absolute Gasteiger partial charge is 0.130 e. The summed E-state index contributed by atoms with van der Waals surface area (Å²) >= 11 is 2.03. The van der Waals surface area contributed by atoms with Crippen molar-refractivity contribution >= 4 is 11.8 Å². The average Bonchev–Trinajstić information content (AvgIpc) is 2.17. The van der Waals surface area contributed by atoms with Gasteiger partial charge in [-0.1, -0.05) is 25.7 Å². The molecule has 2 aliphatic rings. The van der Waals surface area contributed by atoms with E-state index < -0.39 is 5.60 Å². The second kappa shape index (κ2) is 3.79. The van der Waals surface area contributed by atoms with Crippen molar-refractivity contribution in [3.8, 4) is 12.3 Å². The highest BCUT2D eigenvalue weighted by molar-refractivity contribution is 8.00. The number of terminal acetylenes is 1. The third-order valence-corrected chi connectivity index (χ3v) is 5.12. The number of hydrogen-bond acceptors (Lipinski definition) is 2. The van der Waals surface area contributed by atoms with Crippen molar-refractivity contribution in [1.82, 2.24) is 0 Å². The number of thioether (sulfide) groups is 1. The maximum absolute atomic E-state index is 10.4. The summed E-state index contributed by atoms with van der Waals surface area (Å²) in [7, 11) is 0. The fourth-order valence-electron chi connectivity index (χ4n) is 2.91. The summed E-state index contributed by atoms with van der Waals surface area (Å²) in [6.45, 7) is 2.18. The first-order valence-electron chi connectivity index (χ1n) is 5.51. The Bertz CT molecular complexity index is 258. The molecule has 2 heteroatoms. The largest absolute Gasteiger partial charge is 0.377 e. The maximum Gasteiger partial charge on any atom is 0.130 e. The minimum Gasteiger partial charge on any atom is -0.377 e. The molecule has 0 aromatic heterocycles. The molecular weight excluding hydrogens is 192 g/mol. The van der Waals surface area contributed by atoms with E-state index in [-0.39, 0.29) is 0 Å². The highest BCUT2D eigenvalue weighted by Gasteiger charge is 2.46. The Morgan fingerprint density at radius 3 is 2.86 bits per heavy atom. The van der Waals surface area contributed by atoms with Crippen molar-refractivity contribution in [2.75, 3.05) is 0 Å². The summed E-state index contributed by atoms with van der Waals surface area (Å²) in [6.07, 6.45) is 11.2. The quantitative estimate of drug-likeness (QED) is 0.620. The van der Waals surface area contributed by atoms with Crippen LogP contribution in [0.15, 0.2) is 0 Å². The Morgan fingerprint density at radius 2 is 2.14 bits per heavy atom. The van der Waals surface area contributed by atoms with Crippen LogP contribution in [0.25, 0.3) is 0 Å². The van der Waals surface area contributed by atoms with Crippen LogP contribution in [0.2, 0.25) is 0 Å². The molecule has 0 spiro atoms. The lowest BCUT2D eigenvalue weighted by atomic mass is 9.74. The van der Waals surface area contributed by atoms with Gasteiger partial charge in [0, 0.05) is 16.4 Å². The van der Waals surface area contributed by atoms with Crippen molar-refractivity contribution in [2.24, 2.45) is 5.92 Å². The molecule has 0 amide bonds. The van der Waals surface area contributed by atoms with Gasteiger partial charge in [0.2, 0.25) is 0 Å². The third-order valence-electron chi connectivity index (χ3n) is 3.57. The average molecular weight is 210 g/mol. The molecule has 2 rings (SSSR count). The van der Waals surface area contributed by atoms with Gasteiger partial charge in [-0.05, 0) is 19.3 Å². The lowest BCUT2D eigenvalue weighted by Gasteiger charge is -2.46. The topological polar surface area (TPSA) is 20.2 Å². The molecule has 0 aromatic rings. The highest BCUT2D eigenvalue weighted by atomic mass is 32.2. The predicted octanol–water partition coefficient (Wildman–Crippen LogP) is 2.43. The second-order valence-electron chi connectivity index (χ2n) is 4.65. The van der Waals surface area contributed by atoms with E-state index in [2.05, 4.69) is 12.8 Å². The fourth-order valence-corrected chi connectivity index (χ4v) is 4.71. The molecular formula is C12H18OS. The number of fused-ring (bicyclic) bond motifs is 1. The number of rotatable bonds is 0. The summed E-state index contributed by atoms with van der Waals surface area (Å²) < 4.78 is 0. The van der Waals surface area contributed by atoms with Crippen LogP contribution in [-0.2, 0) is 0 Å². The predicted molar refractivity (Wildman–Crippen MR) is 61.2 cm³/mol. The van der Waals surface area contributed by atoms with E-state index in [0.717, 1.165) is 12.8 Å². The molecule has 1 saturated carbocycles. The Morgan fingerprint density at radius 1 is 1.43 bits per heavy atom. The lowest BCUT2D eigenvalue weighted by Crippen LogP contribution is -2.49. The van der Waals surface area contributed by atoms with Crippen molar-refractivity contribution in [2.45, 2.75) is 55.1 Å². The molecule has 1 saturated heterocycles. The molecule has 0 unspecified atom stereocenters. The van der Waals surface area contributed by atoms with Crippen LogP contribution in [0.1, 0.15) is 39.0 Å². The van der Waals surface area contributed by atoms with Gasteiger partial charge in [0.05, 0.1) is 0 Å². The normalized spacial score (nSPS) is 47.9. The van der Waals surface area contributed by atoms with Crippen molar-refractivity contribution in [3.05, 3.63) is 0 Å². The minimum atomic E-state index is -0.810. The summed E-state index contributed by atoms with van der Waals surface area (Å²) in [5.41, 5.74) is -0.810. The van der Waals surface area contributed by atoms with E-state index in [0.29, 0.717) is 16.4 Å². The van der Waals surface area contributed by atoms with Gasteiger partial charge < -0.3 is 5.11 Å². The molecule has 1 N–H and O–H groups in total. The lowest BCUT2D eigenvalue weighted by molar-refractivity contribution is 0.0108. The number of aliphatic hydroxyl groups is 1. The summed E-state index contributed by atoms with van der Waals surface area (Å²) in [4.78, 5) is 0. The van der Waals surface area contributed by atoms with Gasteiger partial charge in [-0.25, -0.2) is 0 Å². The van der Waals surface area contributed by atoms with Crippen LogP contribution in [0.3, 0.4) is 0 Å². The van der Waals surface area contributed by atoms with E-state index in [4.69, 9.17) is 6.42 Å². The Labute approximate surface area is 90.7 Å². The standard InChI is InChI=1S/C12H18OS/c1-3-12(13)8-9(2)14-11-7-5-4-6-10(11)12/h1,9-11,13H,4-8H2,2H3/t9-,10+,11+,12-/m1/s1. The van der Waals surface area contributed by atoms with Gasteiger partial charge in [0.15, 0.2) is 0 Å². The molecule has 2 fully saturated rings. The summed E-state index contributed by atoms with van der Waals surface area (Å²) in [5.74, 6) is 3.00. The van der Waals surface area contributed by atoms with Gasteiger partial charge in [-0.2, -0.15) is 11.8 Å². The summed E-state index contributed by atoms with van der Waals surface area (Å²) in [5, 5.41) is 11.5. The van der Waals surface area contributed by atoms with Gasteiger partial charge in [-0.15, -0.1) is 6.42 Å². The van der Waals surface area contributed by atoms with Crippen LogP contribution in [0, 0.1) is 18.3 Å². The van der Waals surface area contributed by atoms with Gasteiger partial charge in [0.1, 0.15) is 5.60 Å². The van der Waals surface area contributed by atoms with E-state index in [9.17, 15) is 5.11 Å². The van der Waals surface area contributed by atoms with E-state index in [1.54, 1.807) is 0 Å². The monoisotopic (exact) mass is 210 g/mol. The summed E-state index contributed by atoms with van der Waals surface area (Å²) in [6, 6.07) is 0. The van der Waals surface area contributed by atoms with Crippen molar-refractivity contribution < 1.29 is 5.11 Å². The van der Waals surface area contributed by atoms with Gasteiger partial charge in [-0.3, -0.25) is 0 Å². The third kappa shape index (κ3) is 1.68. The SMILES string of the molecule is C#C[C@@]1(O)C[C@@H](C)S[C@H]2CCCC[C@@H]21. The van der Waals surface area contributed by atoms with Crippen LogP contribution in [-0.4, -0.2) is 21.2 Å². The van der Waals surface area contributed by atoms with Gasteiger partial charge >= 0.3 is 0 Å². The van der Waals surface area contributed by atoms with Gasteiger partial charge in [0.25, 0.3) is 0 Å². The molecule has 1 aliphatic carbocycles. The molecule has 0 bridgehead atoms. The second-order valence-corrected chi connectivity index (χ2v) is 6.33.